The normalized spacial score (nSPS) is 12.9. The van der Waals surface area contributed by atoms with Crippen molar-refractivity contribution < 1.29 is 13.2 Å². The van der Waals surface area contributed by atoms with Gasteiger partial charge < -0.3 is 5.73 Å². The highest BCUT2D eigenvalue weighted by atomic mass is 35.5. The van der Waals surface area contributed by atoms with Crippen LogP contribution in [-0.4, -0.2) is 6.18 Å². The lowest BCUT2D eigenvalue weighted by molar-refractivity contribution is -0.180. The highest BCUT2D eigenvalue weighted by Gasteiger charge is 2.48. The van der Waals surface area contributed by atoms with E-state index in [4.69, 9.17) is 17.3 Å². The van der Waals surface area contributed by atoms with Crippen molar-refractivity contribution in [2.24, 2.45) is 5.73 Å². The molecular formula is C11H13ClF3N. The van der Waals surface area contributed by atoms with Gasteiger partial charge in [-0.15, -0.1) is 0 Å². The molecule has 0 aliphatic rings. The number of hydrogen-bond donors (Lipinski definition) is 1. The van der Waals surface area contributed by atoms with E-state index >= 15 is 0 Å². The van der Waals surface area contributed by atoms with Crippen LogP contribution in [0.3, 0.4) is 0 Å². The molecule has 90 valence electrons. The molecule has 0 spiro atoms. The number of alkyl halides is 3. The zero-order chi connectivity index (χ0) is 12.6. The van der Waals surface area contributed by atoms with Gasteiger partial charge in [-0.1, -0.05) is 17.7 Å². The quantitative estimate of drug-likeness (QED) is 0.853. The molecule has 2 N–H and O–H groups in total. The first-order valence-corrected chi connectivity index (χ1v) is 5.13. The fourth-order valence-electron chi connectivity index (χ4n) is 1.29. The first kappa shape index (κ1) is 13.3. The molecule has 0 saturated carbocycles. The summed E-state index contributed by atoms with van der Waals surface area (Å²) in [6, 6.07) is 4.34. The summed E-state index contributed by atoms with van der Waals surface area (Å²) in [6.45, 7) is 2.42. The molecule has 5 heteroatoms. The van der Waals surface area contributed by atoms with Crippen molar-refractivity contribution in [2.75, 3.05) is 0 Å². The molecule has 1 nitrogen and oxygen atoms in total. The van der Waals surface area contributed by atoms with Crippen LogP contribution in [0.2, 0.25) is 5.02 Å². The van der Waals surface area contributed by atoms with Crippen LogP contribution in [-0.2, 0) is 12.0 Å². The average Bonchev–Trinajstić information content (AvgIpc) is 2.15. The van der Waals surface area contributed by atoms with Crippen molar-refractivity contribution in [1.29, 1.82) is 0 Å². The van der Waals surface area contributed by atoms with Gasteiger partial charge in [0.15, 0.2) is 0 Å². The Kier molecular flexibility index (Phi) is 3.55. The van der Waals surface area contributed by atoms with Gasteiger partial charge in [-0.2, -0.15) is 13.2 Å². The van der Waals surface area contributed by atoms with E-state index in [1.165, 1.54) is 12.1 Å². The molecule has 16 heavy (non-hydrogen) atoms. The van der Waals surface area contributed by atoms with Gasteiger partial charge in [-0.05, 0) is 37.1 Å². The molecule has 0 saturated heterocycles. The van der Waals surface area contributed by atoms with Crippen LogP contribution >= 0.6 is 11.6 Å². The van der Waals surface area contributed by atoms with Gasteiger partial charge in [0, 0.05) is 11.6 Å². The molecular weight excluding hydrogens is 239 g/mol. The minimum Gasteiger partial charge on any atom is -0.326 e. The van der Waals surface area contributed by atoms with Crippen molar-refractivity contribution in [2.45, 2.75) is 32.0 Å². The SMILES string of the molecule is CC(C)(c1cc(Cl)cc(CN)c1)C(F)(F)F. The van der Waals surface area contributed by atoms with Crippen LogP contribution in [0.15, 0.2) is 18.2 Å². The Hall–Kier alpha value is -0.740. The summed E-state index contributed by atoms with van der Waals surface area (Å²) in [7, 11) is 0. The maximum Gasteiger partial charge on any atom is 0.397 e. The summed E-state index contributed by atoms with van der Waals surface area (Å²) in [5.41, 5.74) is 4.20. The largest absolute Gasteiger partial charge is 0.397 e. The number of nitrogens with two attached hydrogens (primary N) is 1. The minimum atomic E-state index is -4.32. The summed E-state index contributed by atoms with van der Waals surface area (Å²) in [6.07, 6.45) is -4.32. The average molecular weight is 252 g/mol. The Bertz CT molecular complexity index is 385. The molecule has 1 rings (SSSR count). The summed E-state index contributed by atoms with van der Waals surface area (Å²) in [5, 5.41) is 0.273. The topological polar surface area (TPSA) is 26.0 Å². The third-order valence-corrected chi connectivity index (χ3v) is 2.84. The van der Waals surface area contributed by atoms with Crippen LogP contribution in [0.4, 0.5) is 13.2 Å². The van der Waals surface area contributed by atoms with Crippen LogP contribution in [0, 0.1) is 0 Å². The highest BCUT2D eigenvalue weighted by Crippen LogP contribution is 2.41. The highest BCUT2D eigenvalue weighted by molar-refractivity contribution is 6.30. The smallest absolute Gasteiger partial charge is 0.326 e. The molecule has 0 fully saturated rings. The van der Waals surface area contributed by atoms with Crippen LogP contribution in [0.1, 0.15) is 25.0 Å². The van der Waals surface area contributed by atoms with Crippen molar-refractivity contribution in [3.63, 3.8) is 0 Å². The van der Waals surface area contributed by atoms with Crippen molar-refractivity contribution in [3.8, 4) is 0 Å². The lowest BCUT2D eigenvalue weighted by atomic mass is 9.83. The van der Waals surface area contributed by atoms with Crippen molar-refractivity contribution in [1.82, 2.24) is 0 Å². The molecule has 1 aromatic carbocycles. The molecule has 0 aliphatic carbocycles. The monoisotopic (exact) mass is 251 g/mol. The molecule has 0 amide bonds. The predicted molar refractivity (Wildman–Crippen MR) is 58.4 cm³/mol. The number of benzene rings is 1. The number of hydrogen-bond acceptors (Lipinski definition) is 1. The van der Waals surface area contributed by atoms with E-state index in [2.05, 4.69) is 0 Å². The second-order valence-corrected chi connectivity index (χ2v) is 4.61. The Labute approximate surface area is 97.4 Å². The molecule has 0 aliphatic heterocycles. The fraction of sp³-hybridized carbons (Fsp3) is 0.455. The van der Waals surface area contributed by atoms with Crippen molar-refractivity contribution in [3.05, 3.63) is 34.3 Å². The number of halogens is 4. The third kappa shape index (κ3) is 2.50. The van der Waals surface area contributed by atoms with E-state index in [9.17, 15) is 13.2 Å². The molecule has 0 atom stereocenters. The lowest BCUT2D eigenvalue weighted by Gasteiger charge is -2.28. The van der Waals surface area contributed by atoms with E-state index in [0.29, 0.717) is 5.56 Å². The van der Waals surface area contributed by atoms with Crippen molar-refractivity contribution >= 4 is 11.6 Å². The first-order valence-electron chi connectivity index (χ1n) is 4.75. The van der Waals surface area contributed by atoms with Gasteiger partial charge in [0.1, 0.15) is 0 Å². The minimum absolute atomic E-state index is 0.132. The van der Waals surface area contributed by atoms with E-state index in [-0.39, 0.29) is 17.1 Å². The van der Waals surface area contributed by atoms with Gasteiger partial charge >= 0.3 is 6.18 Å². The number of rotatable bonds is 2. The van der Waals surface area contributed by atoms with E-state index in [0.717, 1.165) is 13.8 Å². The third-order valence-electron chi connectivity index (χ3n) is 2.62. The summed E-state index contributed by atoms with van der Waals surface area (Å²) < 4.78 is 38.4. The molecule has 0 radical (unpaired) electrons. The maximum atomic E-state index is 12.8. The fourth-order valence-corrected chi connectivity index (χ4v) is 1.55. The summed E-state index contributed by atoms with van der Waals surface area (Å²) in [5.74, 6) is 0. The van der Waals surface area contributed by atoms with E-state index in [1.807, 2.05) is 0 Å². The van der Waals surface area contributed by atoms with Gasteiger partial charge in [0.05, 0.1) is 5.41 Å². The second-order valence-electron chi connectivity index (χ2n) is 4.18. The Morgan fingerprint density at radius 2 is 1.75 bits per heavy atom. The van der Waals surface area contributed by atoms with E-state index < -0.39 is 11.6 Å². The summed E-state index contributed by atoms with van der Waals surface area (Å²) in [4.78, 5) is 0. The van der Waals surface area contributed by atoms with Gasteiger partial charge in [-0.25, -0.2) is 0 Å². The second kappa shape index (κ2) is 4.26. The zero-order valence-electron chi connectivity index (χ0n) is 9.03. The van der Waals surface area contributed by atoms with Crippen LogP contribution < -0.4 is 5.73 Å². The van der Waals surface area contributed by atoms with Gasteiger partial charge in [-0.3, -0.25) is 0 Å². The Morgan fingerprint density at radius 1 is 1.19 bits per heavy atom. The summed E-state index contributed by atoms with van der Waals surface area (Å²) >= 11 is 5.76. The van der Waals surface area contributed by atoms with Crippen LogP contribution in [0.25, 0.3) is 0 Å². The molecule has 0 bridgehead atoms. The molecule has 0 unspecified atom stereocenters. The van der Waals surface area contributed by atoms with Gasteiger partial charge in [0.2, 0.25) is 0 Å². The maximum absolute atomic E-state index is 12.8. The first-order chi connectivity index (χ1) is 7.18. The molecule has 1 aromatic rings. The molecule has 0 heterocycles. The predicted octanol–water partition coefficient (Wildman–Crippen LogP) is 3.64. The van der Waals surface area contributed by atoms with Crippen LogP contribution in [0.5, 0.6) is 0 Å². The zero-order valence-corrected chi connectivity index (χ0v) is 9.78. The Morgan fingerprint density at radius 3 is 2.19 bits per heavy atom. The van der Waals surface area contributed by atoms with E-state index in [1.54, 1.807) is 6.07 Å². The molecule has 0 aromatic heterocycles. The lowest BCUT2D eigenvalue weighted by Crippen LogP contribution is -2.36. The Balaban J connectivity index is 3.27. The standard InChI is InChI=1S/C11H13ClF3N/c1-10(2,11(13,14)15)8-3-7(6-16)4-9(12)5-8/h3-5H,6,16H2,1-2H3. The van der Waals surface area contributed by atoms with Gasteiger partial charge in [0.25, 0.3) is 0 Å².